The molecule has 0 spiro atoms. The lowest BCUT2D eigenvalue weighted by Gasteiger charge is -2.35. The Labute approximate surface area is 171 Å². The summed E-state index contributed by atoms with van der Waals surface area (Å²) in [5.41, 5.74) is -0.486. The van der Waals surface area contributed by atoms with Crippen LogP contribution in [0.3, 0.4) is 0 Å². The van der Waals surface area contributed by atoms with Crippen LogP contribution in [0, 0.1) is 5.92 Å². The molecule has 0 aromatic carbocycles. The van der Waals surface area contributed by atoms with Crippen LogP contribution < -0.4 is 10.6 Å². The van der Waals surface area contributed by atoms with Gasteiger partial charge in [0.25, 0.3) is 0 Å². The number of rotatable bonds is 8. The van der Waals surface area contributed by atoms with Crippen molar-refractivity contribution in [3.8, 4) is 0 Å². The Bertz CT molecular complexity index is 456. The minimum absolute atomic E-state index is 0.0602. The molecular formula is C18H34IN3O4. The predicted molar refractivity (Wildman–Crippen MR) is 110 cm³/mol. The van der Waals surface area contributed by atoms with Crippen molar-refractivity contribution in [3.63, 3.8) is 0 Å². The van der Waals surface area contributed by atoms with Crippen molar-refractivity contribution >= 4 is 34.7 Å². The van der Waals surface area contributed by atoms with Gasteiger partial charge in [-0.25, -0.2) is 4.79 Å². The smallest absolute Gasteiger partial charge is 0.410 e. The molecule has 152 valence electrons. The highest BCUT2D eigenvalue weighted by Gasteiger charge is 2.27. The topological polar surface area (TPSA) is 79.9 Å². The first-order chi connectivity index (χ1) is 12.1. The lowest BCUT2D eigenvalue weighted by atomic mass is 10.1. The number of piperazine rings is 1. The molecule has 2 unspecified atom stereocenters. The van der Waals surface area contributed by atoms with Gasteiger partial charge >= 0.3 is 12.1 Å². The number of halogens is 1. The second-order valence-corrected chi connectivity index (χ2v) is 9.16. The van der Waals surface area contributed by atoms with Crippen LogP contribution >= 0.6 is 22.6 Å². The zero-order valence-electron chi connectivity index (χ0n) is 16.6. The van der Waals surface area contributed by atoms with E-state index in [1.54, 1.807) is 4.90 Å². The quantitative estimate of drug-likeness (QED) is 0.314. The summed E-state index contributed by atoms with van der Waals surface area (Å²) in [6.45, 7) is 12.7. The fourth-order valence-electron chi connectivity index (χ4n) is 2.54. The zero-order valence-corrected chi connectivity index (χ0v) is 18.8. The summed E-state index contributed by atoms with van der Waals surface area (Å²) in [6, 6.07) is 0.136. The van der Waals surface area contributed by atoms with Crippen molar-refractivity contribution in [1.82, 2.24) is 15.5 Å². The number of alkyl halides is 1. The summed E-state index contributed by atoms with van der Waals surface area (Å²) in [4.78, 5) is 25.9. The fourth-order valence-corrected chi connectivity index (χ4v) is 3.41. The van der Waals surface area contributed by atoms with Crippen LogP contribution in [-0.2, 0) is 14.3 Å². The van der Waals surface area contributed by atoms with Crippen LogP contribution in [0.15, 0.2) is 0 Å². The summed E-state index contributed by atoms with van der Waals surface area (Å²) in [6.07, 6.45) is 1.60. The summed E-state index contributed by atoms with van der Waals surface area (Å²) >= 11 is 2.16. The van der Waals surface area contributed by atoms with Gasteiger partial charge in [-0.3, -0.25) is 4.79 Å². The minimum atomic E-state index is -0.486. The van der Waals surface area contributed by atoms with Gasteiger partial charge in [-0.2, -0.15) is 0 Å². The molecule has 0 aliphatic carbocycles. The summed E-state index contributed by atoms with van der Waals surface area (Å²) in [5.74, 6) is -0.369. The van der Waals surface area contributed by atoms with Crippen molar-refractivity contribution in [2.45, 2.75) is 63.2 Å². The molecule has 8 heteroatoms. The molecule has 1 amide bonds. The third-order valence-electron chi connectivity index (χ3n) is 3.91. The first-order valence-electron chi connectivity index (χ1n) is 9.39. The summed E-state index contributed by atoms with van der Waals surface area (Å²) in [7, 11) is 0. The lowest BCUT2D eigenvalue weighted by Crippen LogP contribution is -2.56. The Morgan fingerprint density at radius 1 is 1.38 bits per heavy atom. The van der Waals surface area contributed by atoms with Crippen molar-refractivity contribution in [1.29, 1.82) is 0 Å². The van der Waals surface area contributed by atoms with Gasteiger partial charge in [-0.1, -0.05) is 20.3 Å². The van der Waals surface area contributed by atoms with E-state index in [0.717, 1.165) is 19.4 Å². The average Bonchev–Trinajstić information content (AvgIpc) is 2.53. The van der Waals surface area contributed by atoms with E-state index in [-0.39, 0.29) is 28.1 Å². The van der Waals surface area contributed by atoms with Crippen molar-refractivity contribution in [2.24, 2.45) is 5.92 Å². The Morgan fingerprint density at radius 3 is 2.69 bits per heavy atom. The largest absolute Gasteiger partial charge is 0.451 e. The van der Waals surface area contributed by atoms with Crippen LogP contribution in [0.5, 0.6) is 0 Å². The standard InChI is InChI=1S/C18H34IN3O4/c1-6-7-15(19)25-16(23)13(2)10-20-11-14-12-22(9-8-21-14)17(24)26-18(3,4)5/h13-15,20-21H,6-12H2,1-5H3/t13?,14-,15?/m1/s1. The molecule has 0 radical (unpaired) electrons. The highest BCUT2D eigenvalue weighted by atomic mass is 127. The number of hydrogen-bond donors (Lipinski definition) is 2. The van der Waals surface area contributed by atoms with E-state index in [2.05, 4.69) is 40.1 Å². The number of nitrogens with zero attached hydrogens (tertiary/aromatic N) is 1. The first-order valence-corrected chi connectivity index (χ1v) is 10.6. The Hall–Kier alpha value is -0.610. The molecule has 1 rings (SSSR count). The number of carbonyl (C=O) groups excluding carboxylic acids is 2. The second kappa shape index (κ2) is 11.3. The zero-order chi connectivity index (χ0) is 19.7. The number of esters is 1. The molecule has 1 fully saturated rings. The molecule has 0 bridgehead atoms. The van der Waals surface area contributed by atoms with Crippen LogP contribution in [-0.4, -0.2) is 65.4 Å². The molecule has 1 aliphatic heterocycles. The van der Waals surface area contributed by atoms with Crippen LogP contribution in [0.25, 0.3) is 0 Å². The molecular weight excluding hydrogens is 449 g/mol. The van der Waals surface area contributed by atoms with Gasteiger partial charge < -0.3 is 25.0 Å². The van der Waals surface area contributed by atoms with Gasteiger partial charge in [0.2, 0.25) is 0 Å². The molecule has 2 N–H and O–H groups in total. The number of ether oxygens (including phenoxy) is 2. The Balaban J connectivity index is 2.32. The van der Waals surface area contributed by atoms with Gasteiger partial charge in [0.05, 0.1) is 5.92 Å². The number of carbonyl (C=O) groups is 2. The van der Waals surface area contributed by atoms with Crippen LogP contribution in [0.4, 0.5) is 4.79 Å². The van der Waals surface area contributed by atoms with E-state index in [4.69, 9.17) is 9.47 Å². The molecule has 0 aromatic rings. The van der Waals surface area contributed by atoms with Gasteiger partial charge in [-0.15, -0.1) is 0 Å². The summed E-state index contributed by atoms with van der Waals surface area (Å²) < 4.78 is 10.8. The van der Waals surface area contributed by atoms with E-state index in [1.807, 2.05) is 27.7 Å². The number of hydrogen-bond acceptors (Lipinski definition) is 6. The maximum Gasteiger partial charge on any atom is 0.410 e. The first kappa shape index (κ1) is 23.4. The van der Waals surface area contributed by atoms with E-state index >= 15 is 0 Å². The van der Waals surface area contributed by atoms with Crippen LogP contribution in [0.1, 0.15) is 47.5 Å². The normalized spacial score (nSPS) is 20.4. The average molecular weight is 483 g/mol. The second-order valence-electron chi connectivity index (χ2n) is 7.77. The Morgan fingerprint density at radius 2 is 2.08 bits per heavy atom. The molecule has 1 aliphatic rings. The summed E-state index contributed by atoms with van der Waals surface area (Å²) in [5, 5.41) is 6.69. The van der Waals surface area contributed by atoms with E-state index in [1.165, 1.54) is 0 Å². The third-order valence-corrected chi connectivity index (χ3v) is 4.79. The SMILES string of the molecule is CCCC(I)OC(=O)C(C)CNC[C@@H]1CN(C(=O)OC(C)(C)C)CCN1. The third kappa shape index (κ3) is 9.36. The van der Waals surface area contributed by atoms with Gasteiger partial charge in [0.1, 0.15) is 5.60 Å². The monoisotopic (exact) mass is 483 g/mol. The molecule has 0 saturated carbocycles. The molecule has 1 heterocycles. The molecule has 26 heavy (non-hydrogen) atoms. The van der Waals surface area contributed by atoms with Crippen molar-refractivity contribution in [2.75, 3.05) is 32.7 Å². The molecule has 7 nitrogen and oxygen atoms in total. The maximum absolute atomic E-state index is 12.2. The highest BCUT2D eigenvalue weighted by Crippen LogP contribution is 2.13. The lowest BCUT2D eigenvalue weighted by molar-refractivity contribution is -0.148. The predicted octanol–water partition coefficient (Wildman–Crippen LogP) is 2.53. The highest BCUT2D eigenvalue weighted by molar-refractivity contribution is 14.1. The number of nitrogens with one attached hydrogen (secondary N) is 2. The molecule has 3 atom stereocenters. The minimum Gasteiger partial charge on any atom is -0.451 e. The van der Waals surface area contributed by atoms with Crippen molar-refractivity contribution in [3.05, 3.63) is 0 Å². The van der Waals surface area contributed by atoms with Crippen LogP contribution in [0.2, 0.25) is 0 Å². The van der Waals surface area contributed by atoms with E-state index in [9.17, 15) is 9.59 Å². The number of amides is 1. The van der Waals surface area contributed by atoms with E-state index < -0.39 is 5.60 Å². The van der Waals surface area contributed by atoms with E-state index in [0.29, 0.717) is 26.2 Å². The van der Waals surface area contributed by atoms with Crippen molar-refractivity contribution < 1.29 is 19.1 Å². The maximum atomic E-state index is 12.2. The molecule has 0 aromatic heterocycles. The van der Waals surface area contributed by atoms with Gasteiger partial charge in [0.15, 0.2) is 4.11 Å². The Kier molecular flexibility index (Phi) is 10.2. The molecule has 1 saturated heterocycles. The van der Waals surface area contributed by atoms with Gasteiger partial charge in [0, 0.05) is 38.8 Å². The fraction of sp³-hybridized carbons (Fsp3) is 0.889. The van der Waals surface area contributed by atoms with Gasteiger partial charge in [-0.05, 0) is 49.8 Å².